The molecular formula is C13H22BrClN2O. The van der Waals surface area contributed by atoms with Gasteiger partial charge in [0.1, 0.15) is 5.75 Å². The second-order valence-corrected chi connectivity index (χ2v) is 5.97. The van der Waals surface area contributed by atoms with Crippen LogP contribution in [0.25, 0.3) is 0 Å². The number of rotatable bonds is 5. The van der Waals surface area contributed by atoms with E-state index in [0.717, 1.165) is 23.3 Å². The number of halogens is 2. The third-order valence-corrected chi connectivity index (χ3v) is 3.14. The third kappa shape index (κ3) is 6.05. The molecule has 0 fully saturated rings. The Morgan fingerprint density at radius 1 is 1.39 bits per heavy atom. The molecule has 0 aliphatic carbocycles. The number of benzene rings is 1. The average Bonchev–Trinajstić information content (AvgIpc) is 2.18. The van der Waals surface area contributed by atoms with Crippen LogP contribution in [-0.4, -0.2) is 31.1 Å². The lowest BCUT2D eigenvalue weighted by Crippen LogP contribution is -2.43. The predicted molar refractivity (Wildman–Crippen MR) is 82.5 cm³/mol. The quantitative estimate of drug-likeness (QED) is 0.897. The highest BCUT2D eigenvalue weighted by Gasteiger charge is 2.15. The van der Waals surface area contributed by atoms with Gasteiger partial charge in [-0.15, -0.1) is 12.4 Å². The summed E-state index contributed by atoms with van der Waals surface area (Å²) in [5.41, 5.74) is 7.03. The predicted octanol–water partition coefficient (Wildman–Crippen LogP) is 3.05. The van der Waals surface area contributed by atoms with Crippen LogP contribution in [0, 0.1) is 0 Å². The van der Waals surface area contributed by atoms with E-state index in [9.17, 15) is 0 Å². The zero-order chi connectivity index (χ0) is 13.1. The van der Waals surface area contributed by atoms with E-state index < -0.39 is 0 Å². The Kier molecular flexibility index (Phi) is 7.22. The van der Waals surface area contributed by atoms with E-state index in [1.165, 1.54) is 5.56 Å². The van der Waals surface area contributed by atoms with Crippen molar-refractivity contribution in [2.45, 2.75) is 25.9 Å². The van der Waals surface area contributed by atoms with E-state index in [0.29, 0.717) is 0 Å². The van der Waals surface area contributed by atoms with Gasteiger partial charge in [0.15, 0.2) is 0 Å². The van der Waals surface area contributed by atoms with Gasteiger partial charge in [-0.05, 0) is 44.7 Å². The summed E-state index contributed by atoms with van der Waals surface area (Å²) in [5.74, 6) is 0.878. The van der Waals surface area contributed by atoms with Crippen molar-refractivity contribution >= 4 is 28.3 Å². The molecule has 0 spiro atoms. The molecular weight excluding hydrogens is 316 g/mol. The molecule has 0 saturated heterocycles. The van der Waals surface area contributed by atoms with E-state index in [-0.39, 0.29) is 17.9 Å². The molecule has 2 N–H and O–H groups in total. The summed E-state index contributed by atoms with van der Waals surface area (Å²) in [6.07, 6.45) is 0. The van der Waals surface area contributed by atoms with Crippen LogP contribution in [0.3, 0.4) is 0 Å². The van der Waals surface area contributed by atoms with Gasteiger partial charge in [0, 0.05) is 23.1 Å². The van der Waals surface area contributed by atoms with Crippen LogP contribution in [0.15, 0.2) is 22.7 Å². The fraction of sp³-hybridized carbons (Fsp3) is 0.538. The molecule has 0 unspecified atom stereocenters. The Hall–Kier alpha value is -0.290. The van der Waals surface area contributed by atoms with Crippen molar-refractivity contribution in [1.29, 1.82) is 0 Å². The summed E-state index contributed by atoms with van der Waals surface area (Å²) in [4.78, 5) is 2.21. The van der Waals surface area contributed by atoms with E-state index in [2.05, 4.69) is 27.9 Å². The van der Waals surface area contributed by atoms with E-state index >= 15 is 0 Å². The molecule has 1 aromatic rings. The molecule has 0 saturated carbocycles. The normalized spacial score (nSPS) is 11.3. The Morgan fingerprint density at radius 2 is 2.00 bits per heavy atom. The lowest BCUT2D eigenvalue weighted by atomic mass is 10.1. The molecule has 0 aromatic heterocycles. The molecule has 0 radical (unpaired) electrons. The van der Waals surface area contributed by atoms with Gasteiger partial charge in [0.05, 0.1) is 7.11 Å². The summed E-state index contributed by atoms with van der Waals surface area (Å²) in [6, 6.07) is 6.00. The fourth-order valence-corrected chi connectivity index (χ4v) is 2.21. The number of nitrogens with two attached hydrogens (primary N) is 1. The summed E-state index contributed by atoms with van der Waals surface area (Å²) >= 11 is 3.55. The summed E-state index contributed by atoms with van der Waals surface area (Å²) in [6.45, 7) is 5.75. The van der Waals surface area contributed by atoms with Gasteiger partial charge in [-0.25, -0.2) is 0 Å². The summed E-state index contributed by atoms with van der Waals surface area (Å²) in [7, 11) is 3.75. The number of hydrogen-bond donors (Lipinski definition) is 1. The first kappa shape index (κ1) is 17.7. The smallest absolute Gasteiger partial charge is 0.119 e. The lowest BCUT2D eigenvalue weighted by Gasteiger charge is -2.26. The fourth-order valence-electron chi connectivity index (χ4n) is 1.84. The van der Waals surface area contributed by atoms with Crippen LogP contribution in [0.1, 0.15) is 19.4 Å². The van der Waals surface area contributed by atoms with Crippen molar-refractivity contribution in [1.82, 2.24) is 4.90 Å². The molecule has 0 bridgehead atoms. The molecule has 18 heavy (non-hydrogen) atoms. The SMILES string of the molecule is COc1ccc(Br)c(CN(C)CC(C)(C)N)c1.Cl. The average molecular weight is 338 g/mol. The second-order valence-electron chi connectivity index (χ2n) is 5.12. The largest absolute Gasteiger partial charge is 0.497 e. The van der Waals surface area contributed by atoms with Crippen molar-refractivity contribution in [3.05, 3.63) is 28.2 Å². The van der Waals surface area contributed by atoms with Crippen molar-refractivity contribution in [2.24, 2.45) is 5.73 Å². The van der Waals surface area contributed by atoms with Gasteiger partial charge >= 0.3 is 0 Å². The Labute approximate surface area is 124 Å². The molecule has 1 rings (SSSR count). The highest BCUT2D eigenvalue weighted by Crippen LogP contribution is 2.23. The summed E-state index contributed by atoms with van der Waals surface area (Å²) < 4.78 is 6.33. The topological polar surface area (TPSA) is 38.5 Å². The highest BCUT2D eigenvalue weighted by molar-refractivity contribution is 9.10. The molecule has 5 heteroatoms. The van der Waals surface area contributed by atoms with Crippen LogP contribution in [-0.2, 0) is 6.54 Å². The molecule has 0 amide bonds. The minimum absolute atomic E-state index is 0. The second kappa shape index (κ2) is 7.34. The van der Waals surface area contributed by atoms with E-state index in [1.807, 2.05) is 32.0 Å². The number of hydrogen-bond acceptors (Lipinski definition) is 3. The zero-order valence-corrected chi connectivity index (χ0v) is 13.8. The zero-order valence-electron chi connectivity index (χ0n) is 11.4. The standard InChI is InChI=1S/C13H21BrN2O.ClH/c1-13(2,15)9-16(3)8-10-7-11(17-4)5-6-12(10)14;/h5-7H,8-9,15H2,1-4H3;1H. The Morgan fingerprint density at radius 3 is 2.50 bits per heavy atom. The van der Waals surface area contributed by atoms with Crippen molar-refractivity contribution in [3.8, 4) is 5.75 Å². The van der Waals surface area contributed by atoms with Crippen molar-refractivity contribution in [2.75, 3.05) is 20.7 Å². The van der Waals surface area contributed by atoms with Gasteiger partial charge < -0.3 is 15.4 Å². The third-order valence-electron chi connectivity index (χ3n) is 2.37. The Bertz CT molecular complexity index is 380. The first-order valence-corrected chi connectivity index (χ1v) is 6.41. The van der Waals surface area contributed by atoms with E-state index in [1.54, 1.807) is 7.11 Å². The van der Waals surface area contributed by atoms with Gasteiger partial charge in [0.2, 0.25) is 0 Å². The molecule has 104 valence electrons. The number of methoxy groups -OCH3 is 1. The van der Waals surface area contributed by atoms with Crippen LogP contribution in [0.5, 0.6) is 5.75 Å². The molecule has 3 nitrogen and oxygen atoms in total. The monoisotopic (exact) mass is 336 g/mol. The highest BCUT2D eigenvalue weighted by atomic mass is 79.9. The minimum atomic E-state index is -0.180. The number of nitrogens with zero attached hydrogens (tertiary/aromatic N) is 1. The maximum atomic E-state index is 6.01. The first-order chi connectivity index (χ1) is 7.81. The molecule has 0 aliphatic heterocycles. The van der Waals surface area contributed by atoms with Crippen molar-refractivity contribution < 1.29 is 4.74 Å². The van der Waals surface area contributed by atoms with Crippen LogP contribution in [0.4, 0.5) is 0 Å². The molecule has 0 heterocycles. The number of ether oxygens (including phenoxy) is 1. The molecule has 0 atom stereocenters. The van der Waals surface area contributed by atoms with Crippen LogP contribution in [0.2, 0.25) is 0 Å². The number of likely N-dealkylation sites (N-methyl/N-ethyl adjacent to an activating group) is 1. The Balaban J connectivity index is 0.00000289. The summed E-state index contributed by atoms with van der Waals surface area (Å²) in [5, 5.41) is 0. The van der Waals surface area contributed by atoms with Gasteiger partial charge in [-0.2, -0.15) is 0 Å². The first-order valence-electron chi connectivity index (χ1n) is 5.61. The van der Waals surface area contributed by atoms with Gasteiger partial charge in [0.25, 0.3) is 0 Å². The molecule has 0 aliphatic rings. The lowest BCUT2D eigenvalue weighted by molar-refractivity contribution is 0.262. The van der Waals surface area contributed by atoms with Gasteiger partial charge in [-0.3, -0.25) is 0 Å². The molecule has 1 aromatic carbocycles. The minimum Gasteiger partial charge on any atom is -0.497 e. The van der Waals surface area contributed by atoms with Gasteiger partial charge in [-0.1, -0.05) is 15.9 Å². The maximum absolute atomic E-state index is 6.01. The van der Waals surface area contributed by atoms with E-state index in [4.69, 9.17) is 10.5 Å². The van der Waals surface area contributed by atoms with Crippen LogP contribution < -0.4 is 10.5 Å². The maximum Gasteiger partial charge on any atom is 0.119 e. The van der Waals surface area contributed by atoms with Crippen LogP contribution >= 0.6 is 28.3 Å². The van der Waals surface area contributed by atoms with Crippen molar-refractivity contribution in [3.63, 3.8) is 0 Å².